The molecule has 0 radical (unpaired) electrons. The summed E-state index contributed by atoms with van der Waals surface area (Å²) >= 11 is 0. The second kappa shape index (κ2) is 6.43. The molecule has 1 aromatic carbocycles. The predicted molar refractivity (Wildman–Crippen MR) is 75.9 cm³/mol. The summed E-state index contributed by atoms with van der Waals surface area (Å²) in [6, 6.07) is 8.58. The van der Waals surface area contributed by atoms with Crippen molar-refractivity contribution in [3.05, 3.63) is 24.3 Å². The smallest absolute Gasteiger partial charge is 0.221 e. The Morgan fingerprint density at radius 2 is 1.56 bits per heavy atom. The fourth-order valence-electron chi connectivity index (χ4n) is 2.51. The van der Waals surface area contributed by atoms with Crippen molar-refractivity contribution >= 4 is 17.3 Å². The molecule has 0 atom stereocenters. The third-order valence-corrected chi connectivity index (χ3v) is 3.43. The molecule has 0 saturated heterocycles. The Kier molecular flexibility index (Phi) is 4.62. The van der Waals surface area contributed by atoms with Crippen LogP contribution in [0.15, 0.2) is 24.3 Å². The molecule has 0 heterocycles. The lowest BCUT2D eigenvalue weighted by atomic mass is 10.1. The first-order valence-corrected chi connectivity index (χ1v) is 6.88. The minimum atomic E-state index is -0.0283. The average Bonchev–Trinajstić information content (AvgIpc) is 2.60. The number of anilines is 2. The van der Waals surface area contributed by atoms with Crippen molar-refractivity contribution in [2.75, 3.05) is 10.6 Å². The summed E-state index contributed by atoms with van der Waals surface area (Å²) in [6.45, 7) is 1.53. The van der Waals surface area contributed by atoms with E-state index in [-0.39, 0.29) is 5.91 Å². The number of rotatable bonds is 3. The maximum Gasteiger partial charge on any atom is 0.221 e. The summed E-state index contributed by atoms with van der Waals surface area (Å²) in [5.74, 6) is -0.0283. The molecule has 18 heavy (non-hydrogen) atoms. The highest BCUT2D eigenvalue weighted by Gasteiger charge is 2.11. The lowest BCUT2D eigenvalue weighted by molar-refractivity contribution is -0.114. The molecule has 0 spiro atoms. The summed E-state index contributed by atoms with van der Waals surface area (Å²) in [6.07, 6.45) is 7.96. The molecule has 0 unspecified atom stereocenters. The van der Waals surface area contributed by atoms with Gasteiger partial charge in [0.2, 0.25) is 5.91 Å². The van der Waals surface area contributed by atoms with Gasteiger partial charge in [-0.15, -0.1) is 0 Å². The van der Waals surface area contributed by atoms with Gasteiger partial charge < -0.3 is 10.6 Å². The van der Waals surface area contributed by atoms with Gasteiger partial charge in [-0.2, -0.15) is 0 Å². The number of hydrogen-bond acceptors (Lipinski definition) is 2. The first kappa shape index (κ1) is 12.9. The van der Waals surface area contributed by atoms with Gasteiger partial charge in [0, 0.05) is 24.3 Å². The summed E-state index contributed by atoms with van der Waals surface area (Å²) in [5.41, 5.74) is 2.00. The molecule has 2 N–H and O–H groups in total. The molecule has 1 aliphatic rings. The largest absolute Gasteiger partial charge is 0.382 e. The summed E-state index contributed by atoms with van der Waals surface area (Å²) in [7, 11) is 0. The van der Waals surface area contributed by atoms with E-state index in [4.69, 9.17) is 0 Å². The van der Waals surface area contributed by atoms with Crippen LogP contribution in [0.3, 0.4) is 0 Å². The normalized spacial score (nSPS) is 16.9. The van der Waals surface area contributed by atoms with E-state index in [0.717, 1.165) is 11.4 Å². The maximum atomic E-state index is 10.9. The van der Waals surface area contributed by atoms with Gasteiger partial charge >= 0.3 is 0 Å². The molecule has 3 nitrogen and oxygen atoms in total. The lowest BCUT2D eigenvalue weighted by Crippen LogP contribution is -2.18. The number of nitrogens with one attached hydrogen (secondary N) is 2. The number of carbonyl (C=O) groups excluding carboxylic acids is 1. The molecule has 0 aromatic heterocycles. The van der Waals surface area contributed by atoms with Gasteiger partial charge in [0.1, 0.15) is 0 Å². The van der Waals surface area contributed by atoms with Crippen molar-refractivity contribution in [1.29, 1.82) is 0 Å². The van der Waals surface area contributed by atoms with Crippen LogP contribution < -0.4 is 10.6 Å². The molecule has 1 aromatic rings. The zero-order chi connectivity index (χ0) is 12.8. The van der Waals surface area contributed by atoms with Crippen molar-refractivity contribution < 1.29 is 4.79 Å². The topological polar surface area (TPSA) is 41.1 Å². The number of benzene rings is 1. The molecule has 1 amide bonds. The van der Waals surface area contributed by atoms with E-state index in [1.54, 1.807) is 0 Å². The second-order valence-corrected chi connectivity index (χ2v) is 5.09. The number of carbonyl (C=O) groups is 1. The fourth-order valence-corrected chi connectivity index (χ4v) is 2.51. The van der Waals surface area contributed by atoms with Crippen molar-refractivity contribution in [3.8, 4) is 0 Å². The van der Waals surface area contributed by atoms with E-state index < -0.39 is 0 Å². The standard InChI is InChI=1S/C15H22N2O/c1-12(18)16-14-8-10-15(11-9-14)17-13-6-4-2-3-5-7-13/h8-11,13,17H,2-7H2,1H3,(H,16,18). The van der Waals surface area contributed by atoms with Crippen molar-refractivity contribution in [2.45, 2.75) is 51.5 Å². The van der Waals surface area contributed by atoms with Crippen molar-refractivity contribution in [3.63, 3.8) is 0 Å². The molecule has 0 bridgehead atoms. The SMILES string of the molecule is CC(=O)Nc1ccc(NC2CCCCCC2)cc1. The Bertz CT molecular complexity index is 378. The maximum absolute atomic E-state index is 10.9. The van der Waals surface area contributed by atoms with E-state index in [1.165, 1.54) is 45.4 Å². The van der Waals surface area contributed by atoms with Gasteiger partial charge in [0.25, 0.3) is 0 Å². The highest BCUT2D eigenvalue weighted by molar-refractivity contribution is 5.88. The van der Waals surface area contributed by atoms with Crippen LogP contribution in [0.5, 0.6) is 0 Å². The molecule has 1 aliphatic carbocycles. The summed E-state index contributed by atoms with van der Waals surface area (Å²) in [5, 5.41) is 6.37. The van der Waals surface area contributed by atoms with Crippen LogP contribution in [0.2, 0.25) is 0 Å². The molecule has 1 fully saturated rings. The van der Waals surface area contributed by atoms with E-state index in [2.05, 4.69) is 10.6 Å². The van der Waals surface area contributed by atoms with Crippen LogP contribution >= 0.6 is 0 Å². The Morgan fingerprint density at radius 3 is 2.11 bits per heavy atom. The quantitative estimate of drug-likeness (QED) is 0.797. The van der Waals surface area contributed by atoms with E-state index in [9.17, 15) is 4.79 Å². The highest BCUT2D eigenvalue weighted by atomic mass is 16.1. The lowest BCUT2D eigenvalue weighted by Gasteiger charge is -2.17. The predicted octanol–water partition coefficient (Wildman–Crippen LogP) is 3.78. The summed E-state index contributed by atoms with van der Waals surface area (Å²) in [4.78, 5) is 10.9. The molecule has 3 heteroatoms. The van der Waals surface area contributed by atoms with Crippen LogP contribution in [0.1, 0.15) is 45.4 Å². The Hall–Kier alpha value is -1.51. The van der Waals surface area contributed by atoms with Gasteiger partial charge in [-0.25, -0.2) is 0 Å². The fraction of sp³-hybridized carbons (Fsp3) is 0.533. The number of amides is 1. The van der Waals surface area contributed by atoms with Gasteiger partial charge in [0.15, 0.2) is 0 Å². The Morgan fingerprint density at radius 1 is 1.00 bits per heavy atom. The molecular weight excluding hydrogens is 224 g/mol. The molecular formula is C15H22N2O. The van der Waals surface area contributed by atoms with Gasteiger partial charge in [0.05, 0.1) is 0 Å². The first-order valence-electron chi connectivity index (χ1n) is 6.88. The second-order valence-electron chi connectivity index (χ2n) is 5.09. The van der Waals surface area contributed by atoms with Crippen LogP contribution in [-0.2, 0) is 4.79 Å². The third kappa shape index (κ3) is 4.06. The third-order valence-electron chi connectivity index (χ3n) is 3.43. The molecule has 0 aliphatic heterocycles. The summed E-state index contributed by atoms with van der Waals surface area (Å²) < 4.78 is 0. The van der Waals surface area contributed by atoms with Gasteiger partial charge in [-0.3, -0.25) is 4.79 Å². The molecule has 1 saturated carbocycles. The zero-order valence-corrected chi connectivity index (χ0v) is 11.0. The average molecular weight is 246 g/mol. The van der Waals surface area contributed by atoms with Gasteiger partial charge in [-0.05, 0) is 37.1 Å². The zero-order valence-electron chi connectivity index (χ0n) is 11.0. The van der Waals surface area contributed by atoms with Crippen molar-refractivity contribution in [2.24, 2.45) is 0 Å². The first-order chi connectivity index (χ1) is 8.74. The van der Waals surface area contributed by atoms with Crippen LogP contribution in [-0.4, -0.2) is 11.9 Å². The van der Waals surface area contributed by atoms with Crippen molar-refractivity contribution in [1.82, 2.24) is 0 Å². The highest BCUT2D eigenvalue weighted by Crippen LogP contribution is 2.22. The Labute approximate surface area is 109 Å². The van der Waals surface area contributed by atoms with E-state index in [0.29, 0.717) is 6.04 Å². The van der Waals surface area contributed by atoms with Crippen LogP contribution in [0, 0.1) is 0 Å². The van der Waals surface area contributed by atoms with E-state index >= 15 is 0 Å². The van der Waals surface area contributed by atoms with E-state index in [1.807, 2.05) is 24.3 Å². The van der Waals surface area contributed by atoms with Gasteiger partial charge in [-0.1, -0.05) is 25.7 Å². The van der Waals surface area contributed by atoms with Crippen LogP contribution in [0.25, 0.3) is 0 Å². The Balaban J connectivity index is 1.90. The number of hydrogen-bond donors (Lipinski definition) is 2. The van der Waals surface area contributed by atoms with Crippen LogP contribution in [0.4, 0.5) is 11.4 Å². The minimum absolute atomic E-state index is 0.0283. The minimum Gasteiger partial charge on any atom is -0.382 e. The monoisotopic (exact) mass is 246 g/mol. The molecule has 98 valence electrons. The molecule has 2 rings (SSSR count).